The molecular formula is C18H18SiSn. The van der Waals surface area contributed by atoms with Gasteiger partial charge in [-0.05, 0) is 11.0 Å². The third-order valence-electron chi connectivity index (χ3n) is 3.19. The van der Waals surface area contributed by atoms with Crippen LogP contribution >= 0.6 is 0 Å². The van der Waals surface area contributed by atoms with Crippen molar-refractivity contribution in [1.82, 2.24) is 0 Å². The van der Waals surface area contributed by atoms with Gasteiger partial charge in [-0.15, -0.1) is 0 Å². The molecule has 0 aliphatic heterocycles. The van der Waals surface area contributed by atoms with E-state index in [-0.39, 0.29) is 11.0 Å². The zero-order valence-corrected chi connectivity index (χ0v) is 16.5. The Bertz CT molecular complexity index is 529. The second kappa shape index (κ2) is 7.46. The van der Waals surface area contributed by atoms with Gasteiger partial charge in [0.1, 0.15) is 0 Å². The molecule has 20 heavy (non-hydrogen) atoms. The fourth-order valence-corrected chi connectivity index (χ4v) is 9.67. The summed E-state index contributed by atoms with van der Waals surface area (Å²) in [5, 5.41) is 0. The second-order valence-electron chi connectivity index (χ2n) is 4.47. The molecule has 0 aliphatic carbocycles. The molecule has 0 nitrogen and oxygen atoms in total. The van der Waals surface area contributed by atoms with Gasteiger partial charge in [0, 0.05) is 0 Å². The van der Waals surface area contributed by atoms with Gasteiger partial charge < -0.3 is 0 Å². The molecule has 0 N–H and O–H groups in total. The van der Waals surface area contributed by atoms with E-state index in [4.69, 9.17) is 0 Å². The zero-order valence-electron chi connectivity index (χ0n) is 11.7. The summed E-state index contributed by atoms with van der Waals surface area (Å²) in [5.74, 6) is 0. The van der Waals surface area contributed by atoms with Crippen molar-refractivity contribution >= 4 is 41.5 Å². The minimum absolute atomic E-state index is 0. The molecule has 3 aromatic rings. The van der Waals surface area contributed by atoms with Gasteiger partial charge in [-0.25, -0.2) is 0 Å². The van der Waals surface area contributed by atoms with Crippen molar-refractivity contribution in [3.63, 3.8) is 0 Å². The van der Waals surface area contributed by atoms with E-state index >= 15 is 0 Å². The Labute approximate surface area is 132 Å². The molecule has 0 spiro atoms. The van der Waals surface area contributed by atoms with Crippen LogP contribution in [0.2, 0.25) is 0 Å². The molecule has 3 aromatic carbocycles. The van der Waals surface area contributed by atoms with Gasteiger partial charge in [0.2, 0.25) is 0 Å². The molecule has 0 heterocycles. The van der Waals surface area contributed by atoms with E-state index in [9.17, 15) is 0 Å². The molecule has 0 aromatic heterocycles. The monoisotopic (exact) mass is 382 g/mol. The summed E-state index contributed by atoms with van der Waals surface area (Å²) >= 11 is -1.98. The van der Waals surface area contributed by atoms with Gasteiger partial charge >= 0.3 is 121 Å². The molecule has 0 aliphatic rings. The summed E-state index contributed by atoms with van der Waals surface area (Å²) in [5.41, 5.74) is 0. The summed E-state index contributed by atoms with van der Waals surface area (Å²) < 4.78 is 4.59. The van der Waals surface area contributed by atoms with Crippen molar-refractivity contribution in [2.45, 2.75) is 0 Å². The van der Waals surface area contributed by atoms with E-state index in [0.717, 1.165) is 0 Å². The van der Waals surface area contributed by atoms with Crippen molar-refractivity contribution in [2.75, 3.05) is 0 Å². The van der Waals surface area contributed by atoms with E-state index in [0.29, 0.717) is 0 Å². The van der Waals surface area contributed by atoms with Gasteiger partial charge in [-0.1, -0.05) is 0 Å². The van der Waals surface area contributed by atoms with E-state index < -0.39 is 19.8 Å². The maximum absolute atomic E-state index is 2.29. The third kappa shape index (κ3) is 3.41. The molecule has 3 rings (SSSR count). The SMILES string of the molecule is [SiH3].c1cc[c]([Sn]([c]2ccccc2)[c]2ccccc2)cc1. The molecule has 2 heteroatoms. The van der Waals surface area contributed by atoms with Crippen LogP contribution in [0.15, 0.2) is 91.0 Å². The van der Waals surface area contributed by atoms with Gasteiger partial charge in [0.25, 0.3) is 0 Å². The quantitative estimate of drug-likeness (QED) is 0.595. The van der Waals surface area contributed by atoms with Crippen LogP contribution in [0.4, 0.5) is 0 Å². The van der Waals surface area contributed by atoms with Crippen LogP contribution in [-0.4, -0.2) is 30.7 Å². The average molecular weight is 381 g/mol. The van der Waals surface area contributed by atoms with Crippen LogP contribution in [0.25, 0.3) is 0 Å². The summed E-state index contributed by atoms with van der Waals surface area (Å²) in [6.07, 6.45) is 0. The molecular weight excluding hydrogens is 363 g/mol. The van der Waals surface area contributed by atoms with Crippen molar-refractivity contribution in [1.29, 1.82) is 0 Å². The van der Waals surface area contributed by atoms with Gasteiger partial charge in [-0.3, -0.25) is 0 Å². The minimum atomic E-state index is -1.98. The van der Waals surface area contributed by atoms with Crippen LogP contribution < -0.4 is 10.7 Å². The Hall–Kier alpha value is -1.32. The van der Waals surface area contributed by atoms with Crippen LogP contribution in [0.3, 0.4) is 0 Å². The Morgan fingerprint density at radius 2 is 0.650 bits per heavy atom. The van der Waals surface area contributed by atoms with Gasteiger partial charge in [-0.2, -0.15) is 0 Å². The number of hydrogen-bond acceptors (Lipinski definition) is 0. The van der Waals surface area contributed by atoms with Crippen LogP contribution in [-0.2, 0) is 0 Å². The average Bonchev–Trinajstić information content (AvgIpc) is 2.51. The normalized spacial score (nSPS) is 10.1. The maximum atomic E-state index is 2.29. The van der Waals surface area contributed by atoms with Crippen molar-refractivity contribution < 1.29 is 0 Å². The summed E-state index contributed by atoms with van der Waals surface area (Å²) in [4.78, 5) is 0. The first kappa shape index (κ1) is 15.1. The Morgan fingerprint density at radius 1 is 0.400 bits per heavy atom. The summed E-state index contributed by atoms with van der Waals surface area (Å²) in [6, 6.07) is 32.9. The van der Waals surface area contributed by atoms with Crippen molar-refractivity contribution in [3.8, 4) is 0 Å². The fourth-order valence-electron chi connectivity index (χ4n) is 2.31. The predicted molar refractivity (Wildman–Crippen MR) is 93.9 cm³/mol. The summed E-state index contributed by atoms with van der Waals surface area (Å²) in [7, 11) is 0. The van der Waals surface area contributed by atoms with Crippen LogP contribution in [0, 0.1) is 0 Å². The van der Waals surface area contributed by atoms with Crippen LogP contribution in [0.5, 0.6) is 0 Å². The summed E-state index contributed by atoms with van der Waals surface area (Å²) in [6.45, 7) is 0. The molecule has 0 amide bonds. The number of hydrogen-bond donors (Lipinski definition) is 0. The van der Waals surface area contributed by atoms with Crippen LogP contribution in [0.1, 0.15) is 0 Å². The first-order chi connectivity index (χ1) is 9.45. The predicted octanol–water partition coefficient (Wildman–Crippen LogP) is 1.02. The van der Waals surface area contributed by atoms with E-state index in [1.165, 1.54) is 10.7 Å². The van der Waals surface area contributed by atoms with Crippen molar-refractivity contribution in [2.24, 2.45) is 0 Å². The Kier molecular flexibility index (Phi) is 5.62. The standard InChI is InChI=1S/3C6H5.H3Si.Sn/c3*1-2-4-6-5-3-1;;/h3*1-5H;1H3;. The molecule has 2 radical (unpaired) electrons. The van der Waals surface area contributed by atoms with E-state index in [1.807, 2.05) is 0 Å². The number of benzene rings is 3. The third-order valence-corrected chi connectivity index (χ3v) is 11.0. The second-order valence-corrected chi connectivity index (χ2v) is 11.6. The number of rotatable bonds is 3. The molecule has 0 fully saturated rings. The zero-order chi connectivity index (χ0) is 12.9. The molecule has 0 bridgehead atoms. The molecule has 0 atom stereocenters. The molecule has 0 saturated heterocycles. The van der Waals surface area contributed by atoms with Gasteiger partial charge in [0.05, 0.1) is 0 Å². The van der Waals surface area contributed by atoms with Gasteiger partial charge in [0.15, 0.2) is 0 Å². The molecule has 98 valence electrons. The van der Waals surface area contributed by atoms with Crippen molar-refractivity contribution in [3.05, 3.63) is 91.0 Å². The first-order valence-electron chi connectivity index (χ1n) is 6.48. The molecule has 0 unspecified atom stereocenters. The van der Waals surface area contributed by atoms with E-state index in [1.54, 1.807) is 0 Å². The van der Waals surface area contributed by atoms with E-state index in [2.05, 4.69) is 91.0 Å². The molecule has 0 saturated carbocycles. The Balaban J connectivity index is 0.00000147. The topological polar surface area (TPSA) is 0 Å². The fraction of sp³-hybridized carbons (Fsp3) is 0. The Morgan fingerprint density at radius 3 is 0.900 bits per heavy atom. The first-order valence-corrected chi connectivity index (χ1v) is 10.8.